The first-order valence-electron chi connectivity index (χ1n) is 6.07. The minimum Gasteiger partial charge on any atom is -0.497 e. The number of methoxy groups -OCH3 is 1. The van der Waals surface area contributed by atoms with E-state index in [0.717, 1.165) is 22.3 Å². The quantitative estimate of drug-likeness (QED) is 0.780. The third-order valence-corrected chi connectivity index (χ3v) is 3.20. The lowest BCUT2D eigenvalue weighted by molar-refractivity contribution is 0.414. The zero-order valence-electron chi connectivity index (χ0n) is 10.6. The van der Waals surface area contributed by atoms with E-state index in [2.05, 4.69) is 4.98 Å². The Morgan fingerprint density at radius 1 is 1.16 bits per heavy atom. The summed E-state index contributed by atoms with van der Waals surface area (Å²) in [6.07, 6.45) is 3.60. The third kappa shape index (κ3) is 2.12. The second kappa shape index (κ2) is 4.65. The van der Waals surface area contributed by atoms with Gasteiger partial charge in [-0.3, -0.25) is 4.79 Å². The number of aromatic amines is 1. The normalized spacial score (nSPS) is 10.8. The molecule has 0 aliphatic carbocycles. The Bertz CT molecular complexity index is 754. The summed E-state index contributed by atoms with van der Waals surface area (Å²) in [6.45, 7) is 0.716. The molecule has 4 heteroatoms. The van der Waals surface area contributed by atoms with Crippen LogP contribution < -0.4 is 10.2 Å². The van der Waals surface area contributed by atoms with Gasteiger partial charge >= 0.3 is 0 Å². The van der Waals surface area contributed by atoms with Crippen LogP contribution in [0.1, 0.15) is 5.56 Å². The molecule has 2 aromatic heterocycles. The maximum Gasteiger partial charge on any atom is 0.190 e. The fourth-order valence-corrected chi connectivity index (χ4v) is 2.18. The molecular weight excluding hydrogens is 240 g/mol. The number of ether oxygens (including phenoxy) is 1. The van der Waals surface area contributed by atoms with Crippen molar-refractivity contribution < 1.29 is 4.74 Å². The number of nitrogens with zero attached hydrogens (tertiary/aromatic N) is 1. The Balaban J connectivity index is 1.96. The van der Waals surface area contributed by atoms with Gasteiger partial charge < -0.3 is 14.3 Å². The van der Waals surface area contributed by atoms with Crippen molar-refractivity contribution >= 4 is 11.0 Å². The van der Waals surface area contributed by atoms with Crippen molar-refractivity contribution in [2.45, 2.75) is 6.54 Å². The number of fused-ring (bicyclic) bond motifs is 1. The maximum atomic E-state index is 11.7. The lowest BCUT2D eigenvalue weighted by Gasteiger charge is -2.06. The highest BCUT2D eigenvalue weighted by Gasteiger charge is 2.04. The molecule has 0 spiro atoms. The summed E-state index contributed by atoms with van der Waals surface area (Å²) < 4.78 is 7.16. The molecule has 0 saturated heterocycles. The van der Waals surface area contributed by atoms with E-state index in [-0.39, 0.29) is 5.43 Å². The zero-order valence-corrected chi connectivity index (χ0v) is 10.6. The molecule has 0 saturated carbocycles. The molecule has 96 valence electrons. The Morgan fingerprint density at radius 2 is 1.95 bits per heavy atom. The van der Waals surface area contributed by atoms with Crippen LogP contribution in [0.15, 0.2) is 53.6 Å². The van der Waals surface area contributed by atoms with Crippen LogP contribution in [-0.2, 0) is 6.54 Å². The summed E-state index contributed by atoms with van der Waals surface area (Å²) in [4.78, 5) is 14.8. The van der Waals surface area contributed by atoms with Crippen molar-refractivity contribution in [3.8, 4) is 5.75 Å². The second-order valence-electron chi connectivity index (χ2n) is 4.40. The molecule has 0 unspecified atom stereocenters. The average molecular weight is 254 g/mol. The maximum absolute atomic E-state index is 11.7. The van der Waals surface area contributed by atoms with Crippen molar-refractivity contribution in [2.75, 3.05) is 7.11 Å². The van der Waals surface area contributed by atoms with Gasteiger partial charge in [-0.15, -0.1) is 0 Å². The van der Waals surface area contributed by atoms with Gasteiger partial charge in [0.25, 0.3) is 0 Å². The van der Waals surface area contributed by atoms with E-state index in [1.165, 1.54) is 0 Å². The van der Waals surface area contributed by atoms with Crippen molar-refractivity contribution in [1.29, 1.82) is 0 Å². The molecular formula is C15H14N2O2. The van der Waals surface area contributed by atoms with E-state index in [4.69, 9.17) is 4.74 Å². The Hall–Kier alpha value is -2.49. The average Bonchev–Trinajstić information content (AvgIpc) is 2.84. The highest BCUT2D eigenvalue weighted by atomic mass is 16.5. The number of rotatable bonds is 3. The summed E-state index contributed by atoms with van der Waals surface area (Å²) in [7, 11) is 1.65. The van der Waals surface area contributed by atoms with E-state index in [1.807, 2.05) is 41.1 Å². The smallest absolute Gasteiger partial charge is 0.190 e. The van der Waals surface area contributed by atoms with Gasteiger partial charge in [-0.1, -0.05) is 12.1 Å². The molecule has 3 aromatic rings. The molecule has 0 atom stereocenters. The summed E-state index contributed by atoms with van der Waals surface area (Å²) in [5.41, 5.74) is 2.05. The van der Waals surface area contributed by atoms with E-state index >= 15 is 0 Å². The molecule has 0 amide bonds. The SMILES string of the molecule is COc1ccc(Cn2ccc3c(=O)cc[nH]c32)cc1. The van der Waals surface area contributed by atoms with Gasteiger partial charge in [0.2, 0.25) is 0 Å². The molecule has 19 heavy (non-hydrogen) atoms. The van der Waals surface area contributed by atoms with Crippen molar-refractivity contribution in [3.63, 3.8) is 0 Å². The van der Waals surface area contributed by atoms with Gasteiger partial charge in [0, 0.05) is 25.0 Å². The first-order valence-corrected chi connectivity index (χ1v) is 6.07. The van der Waals surface area contributed by atoms with Gasteiger partial charge in [0.1, 0.15) is 11.4 Å². The number of hydrogen-bond acceptors (Lipinski definition) is 2. The van der Waals surface area contributed by atoms with Crippen LogP contribution in [0.2, 0.25) is 0 Å². The predicted octanol–water partition coefficient (Wildman–Crippen LogP) is 2.39. The van der Waals surface area contributed by atoms with E-state index in [0.29, 0.717) is 6.54 Å². The van der Waals surface area contributed by atoms with Crippen LogP contribution in [0.25, 0.3) is 11.0 Å². The largest absolute Gasteiger partial charge is 0.497 e. The number of H-pyrrole nitrogens is 1. The van der Waals surface area contributed by atoms with Gasteiger partial charge in [-0.05, 0) is 23.8 Å². The second-order valence-corrected chi connectivity index (χ2v) is 4.40. The number of benzene rings is 1. The zero-order chi connectivity index (χ0) is 13.2. The van der Waals surface area contributed by atoms with Crippen LogP contribution >= 0.6 is 0 Å². The minimum absolute atomic E-state index is 0.0437. The van der Waals surface area contributed by atoms with E-state index in [1.54, 1.807) is 19.4 Å². The number of pyridine rings is 1. The predicted molar refractivity (Wildman–Crippen MR) is 74.7 cm³/mol. The Labute approximate surface area is 110 Å². The monoisotopic (exact) mass is 254 g/mol. The molecule has 0 aliphatic heterocycles. The standard InChI is InChI=1S/C15H14N2O2/c1-19-12-4-2-11(3-5-12)10-17-9-7-13-14(18)6-8-16-15(13)17/h2-9H,10H2,1H3,(H,16,18). The summed E-state index contributed by atoms with van der Waals surface area (Å²) in [5.74, 6) is 0.842. The fourth-order valence-electron chi connectivity index (χ4n) is 2.18. The molecule has 0 aliphatic rings. The van der Waals surface area contributed by atoms with Crippen molar-refractivity contribution in [1.82, 2.24) is 9.55 Å². The first-order chi connectivity index (χ1) is 9.28. The van der Waals surface area contributed by atoms with Crippen LogP contribution in [0, 0.1) is 0 Å². The highest BCUT2D eigenvalue weighted by molar-refractivity contribution is 5.75. The first kappa shape index (κ1) is 11.6. The lowest BCUT2D eigenvalue weighted by Crippen LogP contribution is -2.03. The fraction of sp³-hybridized carbons (Fsp3) is 0.133. The molecule has 0 radical (unpaired) electrons. The summed E-state index contributed by atoms with van der Waals surface area (Å²) in [6, 6.07) is 11.3. The minimum atomic E-state index is 0.0437. The van der Waals surface area contributed by atoms with Crippen LogP contribution in [-0.4, -0.2) is 16.7 Å². The van der Waals surface area contributed by atoms with Crippen LogP contribution in [0.5, 0.6) is 5.75 Å². The van der Waals surface area contributed by atoms with E-state index in [9.17, 15) is 4.79 Å². The molecule has 4 nitrogen and oxygen atoms in total. The highest BCUT2D eigenvalue weighted by Crippen LogP contribution is 2.15. The van der Waals surface area contributed by atoms with E-state index < -0.39 is 0 Å². The molecule has 3 rings (SSSR count). The number of nitrogens with one attached hydrogen (secondary N) is 1. The Morgan fingerprint density at radius 3 is 2.68 bits per heavy atom. The summed E-state index contributed by atoms with van der Waals surface area (Å²) >= 11 is 0. The van der Waals surface area contributed by atoms with Gasteiger partial charge in [-0.2, -0.15) is 0 Å². The van der Waals surface area contributed by atoms with Gasteiger partial charge in [0.05, 0.1) is 12.5 Å². The Kier molecular flexibility index (Phi) is 2.83. The molecule has 1 aromatic carbocycles. The summed E-state index contributed by atoms with van der Waals surface area (Å²) in [5, 5.41) is 0.719. The van der Waals surface area contributed by atoms with Gasteiger partial charge in [0.15, 0.2) is 5.43 Å². The number of hydrogen-bond donors (Lipinski definition) is 1. The van der Waals surface area contributed by atoms with Crippen molar-refractivity contribution in [3.05, 3.63) is 64.6 Å². The van der Waals surface area contributed by atoms with Crippen LogP contribution in [0.3, 0.4) is 0 Å². The molecule has 0 fully saturated rings. The lowest BCUT2D eigenvalue weighted by atomic mass is 10.2. The topological polar surface area (TPSA) is 47.0 Å². The molecule has 1 N–H and O–H groups in total. The van der Waals surface area contributed by atoms with Crippen molar-refractivity contribution in [2.24, 2.45) is 0 Å². The van der Waals surface area contributed by atoms with Crippen LogP contribution in [0.4, 0.5) is 0 Å². The molecule has 0 bridgehead atoms. The molecule has 2 heterocycles. The number of aromatic nitrogens is 2. The third-order valence-electron chi connectivity index (χ3n) is 3.20. The van der Waals surface area contributed by atoms with Gasteiger partial charge in [-0.25, -0.2) is 0 Å².